The Labute approximate surface area is 608 Å². The van der Waals surface area contributed by atoms with Crippen LogP contribution < -0.4 is 0 Å². The second kappa shape index (κ2) is 59.5. The number of halogens is 42. The van der Waals surface area contributed by atoms with Crippen LogP contribution in [0.15, 0.2) is 180 Å². The van der Waals surface area contributed by atoms with Crippen molar-refractivity contribution in [1.82, 2.24) is 0 Å². The first kappa shape index (κ1) is 130. The van der Waals surface area contributed by atoms with Crippen LogP contribution in [0.25, 0.3) is 0 Å². The maximum absolute atomic E-state index is 12.4. The highest BCUT2D eigenvalue weighted by Crippen LogP contribution is 2.45. The summed E-state index contributed by atoms with van der Waals surface area (Å²) < 4.78 is 607. The fourth-order valence-corrected chi connectivity index (χ4v) is 3.91. The summed E-state index contributed by atoms with van der Waals surface area (Å²) in [5.41, 5.74) is 18.0. The minimum Gasteiger partial charge on any atom is -0.402 e. The Morgan fingerprint density at radius 1 is 0.473 bits per heavy atom. The quantitative estimate of drug-likeness (QED) is 0.0229. The molecule has 0 aromatic carbocycles. The normalized spacial score (nSPS) is 11.0. The van der Waals surface area contributed by atoms with Gasteiger partial charge in [0.2, 0.25) is 27.6 Å². The third-order valence-corrected chi connectivity index (χ3v) is 10.1. The van der Waals surface area contributed by atoms with Crippen LogP contribution in [0.3, 0.4) is 0 Å². The van der Waals surface area contributed by atoms with Crippen molar-refractivity contribution < 1.29 is 262 Å². The highest BCUT2D eigenvalue weighted by molar-refractivity contribution is 8.13. The van der Waals surface area contributed by atoms with Crippen molar-refractivity contribution in [3.8, 4) is 0 Å². The molecule has 0 aliphatic carbocycles. The molecule has 0 saturated heterocycles. The number of alkyl halides is 17. The molecule has 0 aromatic rings. The van der Waals surface area contributed by atoms with E-state index in [1.807, 2.05) is 23.3 Å². The third-order valence-electron chi connectivity index (χ3n) is 6.27. The van der Waals surface area contributed by atoms with Gasteiger partial charge in [-0.1, -0.05) is 82.7 Å². The summed E-state index contributed by atoms with van der Waals surface area (Å²) in [6.07, 6.45) is -34.4. The monoisotopic (exact) mass is 1910 g/mol. The van der Waals surface area contributed by atoms with Gasteiger partial charge in [0.05, 0.1) is 17.8 Å². The van der Waals surface area contributed by atoms with E-state index in [1.165, 1.54) is 11.8 Å². The van der Waals surface area contributed by atoms with E-state index in [4.69, 9.17) is 27.5 Å². The average Bonchev–Trinajstić information content (AvgIpc) is 0.789. The zero-order valence-electron chi connectivity index (χ0n) is 52.1. The van der Waals surface area contributed by atoms with E-state index in [0.717, 1.165) is 12.5 Å². The lowest BCUT2D eigenvalue weighted by Crippen LogP contribution is -2.47. The first-order valence-corrected chi connectivity index (χ1v) is 33.5. The van der Waals surface area contributed by atoms with Gasteiger partial charge in [-0.05, 0) is 54.3 Å². The molecule has 0 radical (unpaired) electrons. The second-order valence-electron chi connectivity index (χ2n) is 14.2. The lowest BCUT2D eigenvalue weighted by molar-refractivity contribution is -0.348. The molecular weight excluding hydrogens is 1870 g/mol. The Hall–Kier alpha value is -8.23. The Bertz CT molecular complexity index is 4290. The molecule has 662 valence electrons. The molecule has 0 heterocycles. The number of ether oxygens (including phenoxy) is 4. The lowest BCUT2D eigenvalue weighted by atomic mass is 10.3. The smallest absolute Gasteiger partial charge is 0.402 e. The van der Waals surface area contributed by atoms with Gasteiger partial charge >= 0.3 is 151 Å². The zero-order valence-corrected chi connectivity index (χ0v) is 58.5. The Kier molecular flexibility index (Phi) is 69.1. The van der Waals surface area contributed by atoms with Crippen LogP contribution in [-0.2, 0) is 95.1 Å². The van der Waals surface area contributed by atoms with Gasteiger partial charge < -0.3 is 14.2 Å². The molecular formula is C44H36ClF41O19S7. The maximum atomic E-state index is 12.4. The van der Waals surface area contributed by atoms with Crippen molar-refractivity contribution in [1.29, 1.82) is 0 Å². The fourth-order valence-electron chi connectivity index (χ4n) is 2.23. The van der Waals surface area contributed by atoms with Crippen LogP contribution in [0.2, 0.25) is 0 Å². The number of hydrogen-bond donors (Lipinski definition) is 0. The van der Waals surface area contributed by atoms with Crippen molar-refractivity contribution in [2.24, 2.45) is 0 Å². The largest absolute Gasteiger partial charge is 0.485 e. The lowest BCUT2D eigenvalue weighted by Gasteiger charge is -2.22. The summed E-state index contributed by atoms with van der Waals surface area (Å²) in [5.74, 6) is -12.3. The molecule has 0 spiro atoms. The highest BCUT2D eigenvalue weighted by atomic mass is 35.7. The third kappa shape index (κ3) is 77.1. The standard InChI is InChI=1S/C9H8.C8H2F4O2S.C5H2F8O.C5H5F5O3S.C5H5F5O.C4F8O3S.C3H5ClO2S.C2F4O.C2H3FO2S.CH2F2.2F2O2S.2H2/c1-4-6-7-8-9(3)5-2;1-2-3-4-5-6(15(12,13)14)7(9)8(10)11;6-1-14-5(12,13)4(10,11)2(7)3(8)9;1-2-3-13-4(6,7)5(8,9)14(10,11)12;1-2-5(9,10)11-4(8)3(6)7;5-1(6)2(7)15-3(8,9)4(10,11)16(12,13)14;1-2-3-7(4,5)6;3-1(4)2(5)7-6;1-2-6(3,4)5;2-1-3;2*1-5(2,3)4;;/h5H,1-2H2,3H3;1H2;1H2;2H,1,3H2;2H2,1H3;;2H,1,3H2;;2H,1H2;1H2;;;2*1H. The van der Waals surface area contributed by atoms with Crippen LogP contribution in [0.4, 0.5) is 176 Å². The summed E-state index contributed by atoms with van der Waals surface area (Å²) in [5, 5.41) is -12.2. The molecule has 0 atom stereocenters. The number of rotatable bonds is 23. The Morgan fingerprint density at radius 2 is 0.795 bits per heavy atom. The number of allylic oxidation sites excluding steroid dienone is 3. The first-order valence-electron chi connectivity index (χ1n) is 22.8. The summed E-state index contributed by atoms with van der Waals surface area (Å²) in [7, 11) is -33.9. The van der Waals surface area contributed by atoms with Gasteiger partial charge in [-0.15, -0.1) is 17.0 Å². The summed E-state index contributed by atoms with van der Waals surface area (Å²) >= 11 is 0. The molecule has 0 fully saturated rings. The Balaban J connectivity index is -0.0000000815. The molecule has 0 bridgehead atoms. The van der Waals surface area contributed by atoms with E-state index in [-0.39, 0.29) is 14.0 Å². The van der Waals surface area contributed by atoms with E-state index < -0.39 is 204 Å². The maximum Gasteiger partial charge on any atom is 0.485 e. The zero-order chi connectivity index (χ0) is 93.5. The van der Waals surface area contributed by atoms with Gasteiger partial charge in [-0.25, -0.2) is 21.6 Å². The van der Waals surface area contributed by atoms with Crippen molar-refractivity contribution in [3.63, 3.8) is 0 Å². The minimum absolute atomic E-state index is 0. The van der Waals surface area contributed by atoms with Gasteiger partial charge in [0.15, 0.2) is 11.8 Å². The molecule has 0 saturated carbocycles. The molecule has 0 aliphatic heterocycles. The van der Waals surface area contributed by atoms with Crippen molar-refractivity contribution >= 4 is 81.8 Å². The van der Waals surface area contributed by atoms with E-state index in [0.29, 0.717) is 6.08 Å². The predicted molar refractivity (Wildman–Crippen MR) is 300 cm³/mol. The fraction of sp³-hybridized carbons (Fsp3) is 0.318. The van der Waals surface area contributed by atoms with Gasteiger partial charge in [0.25, 0.3) is 0 Å². The average molecular weight is 1910 g/mol. The van der Waals surface area contributed by atoms with E-state index >= 15 is 0 Å². The predicted octanol–water partition coefficient (Wildman–Crippen LogP) is 20.1. The number of hydrogen-bond acceptors (Lipinski definition) is 19. The van der Waals surface area contributed by atoms with E-state index in [2.05, 4.69) is 81.3 Å². The molecule has 0 unspecified atom stereocenters. The molecule has 0 N–H and O–H groups in total. The first-order chi connectivity index (χ1) is 49.3. The van der Waals surface area contributed by atoms with Crippen LogP contribution in [0.5, 0.6) is 0 Å². The van der Waals surface area contributed by atoms with Gasteiger partial charge in [0, 0.05) is 24.5 Å². The highest BCUT2D eigenvalue weighted by Gasteiger charge is 2.71. The van der Waals surface area contributed by atoms with Crippen LogP contribution in [-0.4, -0.2) is 126 Å². The Morgan fingerprint density at radius 3 is 1.00 bits per heavy atom. The minimum atomic E-state index is -7.17. The molecule has 0 aromatic heterocycles. The molecule has 112 heavy (non-hydrogen) atoms. The second-order valence-corrected chi connectivity index (χ2v) is 23.8. The van der Waals surface area contributed by atoms with Crippen molar-refractivity contribution in [3.05, 3.63) is 180 Å². The van der Waals surface area contributed by atoms with Crippen molar-refractivity contribution in [2.45, 2.75) is 61.1 Å². The topological polar surface area (TPSA) is 285 Å². The van der Waals surface area contributed by atoms with Crippen molar-refractivity contribution in [2.75, 3.05) is 26.1 Å². The molecule has 68 heteroatoms. The molecule has 0 rings (SSSR count). The van der Waals surface area contributed by atoms with E-state index in [9.17, 15) is 218 Å². The van der Waals surface area contributed by atoms with Gasteiger partial charge in [0.1, 0.15) is 0 Å². The molecule has 0 aliphatic rings. The van der Waals surface area contributed by atoms with Gasteiger partial charge in [-0.2, -0.15) is 178 Å². The SMILES string of the molecule is C=C=C=C=C=C(C(F)=C(F)F)S(=O)(=O)F.C=C=C=C=C=C(C)C=C.C=CCOC(F)(F)C(F)(F)S(=O)(=O)F.C=CCS(=O)(=O)Cl.C=CS(=O)(=O)F.CCC(F)(F)OC(F)=C(F)F.FCF.FCOC(F)(F)C(F)(F)C(F)=C(F)F.FOC(F)=C(F)F.O=S(=O)(F)C(F)(F)C(F)(F)OC(F)=C(F)F.O=S(=O)(F)F.O=S(=O)(F)F.[HH].[HH]. The van der Waals surface area contributed by atoms with Crippen LogP contribution in [0, 0.1) is 0 Å². The van der Waals surface area contributed by atoms with E-state index in [1.54, 1.807) is 11.8 Å². The summed E-state index contributed by atoms with van der Waals surface area (Å²) in [6, 6.07) is -8.47. The van der Waals surface area contributed by atoms with Gasteiger partial charge in [-0.3, -0.25) is 9.68 Å². The van der Waals surface area contributed by atoms with Crippen LogP contribution in [0.1, 0.15) is 23.1 Å². The van der Waals surface area contributed by atoms with Crippen LogP contribution >= 0.6 is 10.7 Å². The summed E-state index contributed by atoms with van der Waals surface area (Å²) in [6.45, 7) is 16.2. The molecule has 19 nitrogen and oxygen atoms in total. The summed E-state index contributed by atoms with van der Waals surface area (Å²) in [4.78, 5) is 0.0211. The molecule has 0 amide bonds.